The number of hydrogen-bond acceptors (Lipinski definition) is 2. The molecule has 0 aliphatic carbocycles. The Labute approximate surface area is 102 Å². The van der Waals surface area contributed by atoms with Crippen molar-refractivity contribution in [3.63, 3.8) is 0 Å². The van der Waals surface area contributed by atoms with E-state index in [1.807, 2.05) is 17.5 Å². The van der Waals surface area contributed by atoms with Crippen LogP contribution in [0.4, 0.5) is 0 Å². The van der Waals surface area contributed by atoms with Gasteiger partial charge in [0.15, 0.2) is 0 Å². The fourth-order valence-corrected chi connectivity index (χ4v) is 3.75. The van der Waals surface area contributed by atoms with Gasteiger partial charge in [0, 0.05) is 15.8 Å². The molecule has 0 N–H and O–H groups in total. The molecule has 0 bridgehead atoms. The Morgan fingerprint density at radius 3 is 2.46 bits per heavy atom. The molecule has 0 amide bonds. The van der Waals surface area contributed by atoms with E-state index in [2.05, 4.69) is 15.9 Å². The summed E-state index contributed by atoms with van der Waals surface area (Å²) < 4.78 is 1.75. The predicted octanol–water partition coefficient (Wildman–Crippen LogP) is 5.55. The molecule has 0 saturated carbocycles. The van der Waals surface area contributed by atoms with Gasteiger partial charge in [-0.25, -0.2) is 0 Å². The highest BCUT2D eigenvalue weighted by Gasteiger charge is 2.10. The van der Waals surface area contributed by atoms with Crippen LogP contribution in [0, 0.1) is 0 Å². The van der Waals surface area contributed by atoms with Crippen molar-refractivity contribution in [1.82, 2.24) is 0 Å². The van der Waals surface area contributed by atoms with Crippen molar-refractivity contribution in [3.8, 4) is 10.4 Å². The molecule has 0 unspecified atom stereocenters. The molecule has 2 rings (SSSR count). The molecule has 0 spiro atoms. The van der Waals surface area contributed by atoms with Gasteiger partial charge in [0.2, 0.25) is 0 Å². The summed E-state index contributed by atoms with van der Waals surface area (Å²) in [5.41, 5.74) is 1.02. The highest BCUT2D eigenvalue weighted by Crippen LogP contribution is 2.42. The van der Waals surface area contributed by atoms with Gasteiger partial charge in [0.1, 0.15) is 4.34 Å². The van der Waals surface area contributed by atoms with E-state index >= 15 is 0 Å². The van der Waals surface area contributed by atoms with Crippen molar-refractivity contribution in [1.29, 1.82) is 0 Å². The first-order chi connectivity index (χ1) is 6.18. The lowest BCUT2D eigenvalue weighted by molar-refractivity contribution is 1.87. The maximum atomic E-state index is 6.02. The van der Waals surface area contributed by atoms with E-state index in [0.717, 1.165) is 14.2 Å². The summed E-state index contributed by atoms with van der Waals surface area (Å²) >= 11 is 18.4. The van der Waals surface area contributed by atoms with Crippen LogP contribution in [-0.4, -0.2) is 0 Å². The van der Waals surface area contributed by atoms with Crippen LogP contribution in [0.25, 0.3) is 10.4 Å². The van der Waals surface area contributed by atoms with Crippen LogP contribution in [-0.2, 0) is 0 Å². The largest absolute Gasteiger partial charge is 0.130 e. The Balaban J connectivity index is 2.52. The zero-order valence-corrected chi connectivity index (χ0v) is 10.9. The van der Waals surface area contributed by atoms with Gasteiger partial charge in [-0.3, -0.25) is 0 Å². The third-order valence-electron chi connectivity index (χ3n) is 1.53. The Bertz CT molecular complexity index is 433. The van der Waals surface area contributed by atoms with E-state index in [1.165, 1.54) is 11.3 Å². The molecular formula is C8H3BrCl2S2. The molecule has 0 aliphatic rings. The fraction of sp³-hybridized carbons (Fsp3) is 0. The molecule has 2 aromatic rings. The second-order valence-corrected chi connectivity index (χ2v) is 6.66. The number of hydrogen-bond donors (Lipinski definition) is 0. The van der Waals surface area contributed by atoms with Crippen LogP contribution in [0.1, 0.15) is 0 Å². The lowest BCUT2D eigenvalue weighted by Gasteiger charge is -1.91. The first-order valence-corrected chi connectivity index (χ1v) is 6.61. The van der Waals surface area contributed by atoms with E-state index < -0.39 is 0 Å². The molecule has 68 valence electrons. The third kappa shape index (κ3) is 1.95. The van der Waals surface area contributed by atoms with Gasteiger partial charge in [-0.05, 0) is 28.1 Å². The Morgan fingerprint density at radius 1 is 1.23 bits per heavy atom. The second kappa shape index (κ2) is 3.91. The standard InChI is InChI=1S/C8H3BrCl2S2/c9-6-2-1-5(13-6)4-3-12-8(11)7(4)10/h1-3H. The number of thiophene rings is 2. The van der Waals surface area contributed by atoms with Crippen molar-refractivity contribution in [3.05, 3.63) is 30.7 Å². The van der Waals surface area contributed by atoms with Crippen LogP contribution >= 0.6 is 61.8 Å². The molecule has 0 fully saturated rings. The number of rotatable bonds is 1. The van der Waals surface area contributed by atoms with Crippen LogP contribution in [0.2, 0.25) is 9.36 Å². The normalized spacial score (nSPS) is 10.7. The van der Waals surface area contributed by atoms with Crippen molar-refractivity contribution >= 4 is 61.8 Å². The molecular weight excluding hydrogens is 311 g/mol. The maximum Gasteiger partial charge on any atom is 0.112 e. The first kappa shape index (κ1) is 9.99. The highest BCUT2D eigenvalue weighted by molar-refractivity contribution is 9.11. The van der Waals surface area contributed by atoms with Crippen molar-refractivity contribution in [2.45, 2.75) is 0 Å². The summed E-state index contributed by atoms with van der Waals surface area (Å²) in [5, 5.41) is 2.63. The van der Waals surface area contributed by atoms with Gasteiger partial charge in [-0.1, -0.05) is 23.2 Å². The summed E-state index contributed by atoms with van der Waals surface area (Å²) in [6.45, 7) is 0. The van der Waals surface area contributed by atoms with Crippen LogP contribution in [0.15, 0.2) is 21.3 Å². The Hall–Kier alpha value is 0.460. The summed E-state index contributed by atoms with van der Waals surface area (Å²) in [4.78, 5) is 1.14. The molecule has 13 heavy (non-hydrogen) atoms. The van der Waals surface area contributed by atoms with Crippen LogP contribution in [0.3, 0.4) is 0 Å². The van der Waals surface area contributed by atoms with Gasteiger partial charge in [-0.2, -0.15) is 0 Å². The minimum atomic E-state index is 0.654. The SMILES string of the molecule is Clc1scc(-c2ccc(Br)s2)c1Cl. The fourth-order valence-electron chi connectivity index (χ4n) is 0.945. The molecule has 0 aliphatic heterocycles. The van der Waals surface area contributed by atoms with Crippen molar-refractivity contribution in [2.24, 2.45) is 0 Å². The van der Waals surface area contributed by atoms with E-state index in [0.29, 0.717) is 9.36 Å². The predicted molar refractivity (Wildman–Crippen MR) is 65.4 cm³/mol. The van der Waals surface area contributed by atoms with E-state index in [9.17, 15) is 0 Å². The molecule has 0 saturated heterocycles. The summed E-state index contributed by atoms with van der Waals surface area (Å²) in [7, 11) is 0. The zero-order valence-electron chi connectivity index (χ0n) is 6.18. The molecule has 2 aromatic heterocycles. The smallest absolute Gasteiger partial charge is 0.112 e. The van der Waals surface area contributed by atoms with Gasteiger partial charge < -0.3 is 0 Å². The lowest BCUT2D eigenvalue weighted by atomic mass is 10.3. The van der Waals surface area contributed by atoms with Gasteiger partial charge >= 0.3 is 0 Å². The molecule has 2 heterocycles. The summed E-state index contributed by atoms with van der Waals surface area (Å²) in [5.74, 6) is 0. The van der Waals surface area contributed by atoms with Gasteiger partial charge in [0.25, 0.3) is 0 Å². The molecule has 0 nitrogen and oxygen atoms in total. The summed E-state index contributed by atoms with van der Waals surface area (Å²) in [6, 6.07) is 4.03. The Kier molecular flexibility index (Phi) is 3.01. The minimum absolute atomic E-state index is 0.654. The molecule has 0 atom stereocenters. The van der Waals surface area contributed by atoms with E-state index in [4.69, 9.17) is 23.2 Å². The van der Waals surface area contributed by atoms with Crippen LogP contribution < -0.4 is 0 Å². The number of halogens is 3. The second-order valence-electron chi connectivity index (χ2n) is 2.34. The maximum absolute atomic E-state index is 6.02. The topological polar surface area (TPSA) is 0 Å². The molecule has 0 aromatic carbocycles. The molecule has 5 heteroatoms. The quantitative estimate of drug-likeness (QED) is 0.648. The molecule has 0 radical (unpaired) electrons. The van der Waals surface area contributed by atoms with Gasteiger partial charge in [-0.15, -0.1) is 22.7 Å². The third-order valence-corrected chi connectivity index (χ3v) is 5.01. The average Bonchev–Trinajstić information content (AvgIpc) is 2.62. The van der Waals surface area contributed by atoms with E-state index in [1.54, 1.807) is 11.3 Å². The first-order valence-electron chi connectivity index (χ1n) is 3.36. The van der Waals surface area contributed by atoms with E-state index in [-0.39, 0.29) is 0 Å². The lowest BCUT2D eigenvalue weighted by Crippen LogP contribution is -1.64. The summed E-state index contributed by atoms with van der Waals surface area (Å²) in [6.07, 6.45) is 0. The monoisotopic (exact) mass is 312 g/mol. The van der Waals surface area contributed by atoms with Crippen LogP contribution in [0.5, 0.6) is 0 Å². The highest BCUT2D eigenvalue weighted by atomic mass is 79.9. The van der Waals surface area contributed by atoms with Crippen molar-refractivity contribution in [2.75, 3.05) is 0 Å². The Morgan fingerprint density at radius 2 is 2.00 bits per heavy atom. The van der Waals surface area contributed by atoms with Gasteiger partial charge in [0.05, 0.1) is 8.81 Å². The minimum Gasteiger partial charge on any atom is -0.130 e. The zero-order chi connectivity index (χ0) is 9.42. The van der Waals surface area contributed by atoms with Crippen molar-refractivity contribution < 1.29 is 0 Å². The average molecular weight is 314 g/mol.